The lowest BCUT2D eigenvalue weighted by Crippen LogP contribution is -2.24. The summed E-state index contributed by atoms with van der Waals surface area (Å²) in [6, 6.07) is 17.4. The van der Waals surface area contributed by atoms with E-state index in [2.05, 4.69) is 60.7 Å². The number of fused-ring (bicyclic) bond motifs is 2. The molecule has 0 bridgehead atoms. The predicted octanol–water partition coefficient (Wildman–Crippen LogP) is 6.93. The Labute approximate surface area is 204 Å². The van der Waals surface area contributed by atoms with E-state index in [1.54, 1.807) is 0 Å². The van der Waals surface area contributed by atoms with Crippen molar-refractivity contribution in [3.8, 4) is 0 Å². The lowest BCUT2D eigenvalue weighted by Gasteiger charge is -2.28. The molecule has 4 rings (SSSR count). The largest absolute Gasteiger partial charge is 0.349 e. The molecule has 2 aliphatic carbocycles. The molecule has 0 N–H and O–H groups in total. The second kappa shape index (κ2) is 11.9. The standard InChI is InChI=1S/C30H38O4/c1-5-31-29(32-6-2)27-19-21-13-9-11-15-23(21)25(27)17-18-26-24-16-12-10-14-22(24)20-28(26)30(33-7-3)34-8-4/h9-16,19-20,25-26,29-30H,5-8,17-18H2,1-4H3. The van der Waals surface area contributed by atoms with Crippen LogP contribution in [0.1, 0.15) is 74.6 Å². The van der Waals surface area contributed by atoms with Gasteiger partial charge in [-0.15, -0.1) is 0 Å². The average Bonchev–Trinajstić information content (AvgIpc) is 3.41. The maximum Gasteiger partial charge on any atom is 0.180 e. The Balaban J connectivity index is 1.61. The summed E-state index contributed by atoms with van der Waals surface area (Å²) >= 11 is 0. The van der Waals surface area contributed by atoms with E-state index in [9.17, 15) is 0 Å². The van der Waals surface area contributed by atoms with E-state index in [-0.39, 0.29) is 24.4 Å². The summed E-state index contributed by atoms with van der Waals surface area (Å²) in [5.41, 5.74) is 7.74. The number of ether oxygens (including phenoxy) is 4. The van der Waals surface area contributed by atoms with Crippen molar-refractivity contribution in [2.24, 2.45) is 0 Å². The van der Waals surface area contributed by atoms with E-state index >= 15 is 0 Å². The Morgan fingerprint density at radius 3 is 1.26 bits per heavy atom. The van der Waals surface area contributed by atoms with Crippen LogP contribution in [-0.2, 0) is 18.9 Å². The highest BCUT2D eigenvalue weighted by Crippen LogP contribution is 2.47. The monoisotopic (exact) mass is 462 g/mol. The summed E-state index contributed by atoms with van der Waals surface area (Å²) < 4.78 is 24.1. The number of hydrogen-bond donors (Lipinski definition) is 0. The summed E-state index contributed by atoms with van der Waals surface area (Å²) in [4.78, 5) is 0. The van der Waals surface area contributed by atoms with Crippen molar-refractivity contribution < 1.29 is 18.9 Å². The van der Waals surface area contributed by atoms with Gasteiger partial charge in [0.15, 0.2) is 12.6 Å². The maximum atomic E-state index is 6.04. The molecule has 0 amide bonds. The quantitative estimate of drug-likeness (QED) is 0.303. The van der Waals surface area contributed by atoms with Gasteiger partial charge in [0.2, 0.25) is 0 Å². The zero-order chi connectivity index (χ0) is 23.9. The Kier molecular flexibility index (Phi) is 8.74. The summed E-state index contributed by atoms with van der Waals surface area (Å²) in [5, 5.41) is 0. The second-order valence-corrected chi connectivity index (χ2v) is 8.71. The molecule has 0 spiro atoms. The summed E-state index contributed by atoms with van der Waals surface area (Å²) in [6.07, 6.45) is 5.94. The fraction of sp³-hybridized carbons (Fsp3) is 0.467. The van der Waals surface area contributed by atoms with Crippen LogP contribution >= 0.6 is 0 Å². The number of benzene rings is 2. The first-order chi connectivity index (χ1) is 16.7. The van der Waals surface area contributed by atoms with Gasteiger partial charge in [0.05, 0.1) is 0 Å². The van der Waals surface area contributed by atoms with Crippen LogP contribution in [0.25, 0.3) is 12.2 Å². The van der Waals surface area contributed by atoms with Crippen LogP contribution in [0.5, 0.6) is 0 Å². The van der Waals surface area contributed by atoms with Crippen LogP contribution in [0.3, 0.4) is 0 Å². The van der Waals surface area contributed by atoms with Crippen molar-refractivity contribution >= 4 is 12.2 Å². The summed E-state index contributed by atoms with van der Waals surface area (Å²) in [6.45, 7) is 10.6. The Hall–Kier alpha value is -2.24. The van der Waals surface area contributed by atoms with Crippen LogP contribution in [0, 0.1) is 0 Å². The van der Waals surface area contributed by atoms with Gasteiger partial charge in [0.1, 0.15) is 0 Å². The molecule has 2 aromatic carbocycles. The molecular formula is C30H38O4. The SMILES string of the molecule is CCOC(OCC)C1=Cc2ccccc2C1CCC1C(C(OCC)OCC)=Cc2ccccc21. The van der Waals surface area contributed by atoms with Crippen molar-refractivity contribution in [3.63, 3.8) is 0 Å². The fourth-order valence-corrected chi connectivity index (χ4v) is 5.37. The van der Waals surface area contributed by atoms with Gasteiger partial charge < -0.3 is 18.9 Å². The van der Waals surface area contributed by atoms with Gasteiger partial charge in [0.25, 0.3) is 0 Å². The van der Waals surface area contributed by atoms with E-state index in [1.165, 1.54) is 33.4 Å². The van der Waals surface area contributed by atoms with Crippen LogP contribution in [0.15, 0.2) is 59.7 Å². The smallest absolute Gasteiger partial charge is 0.180 e. The van der Waals surface area contributed by atoms with Crippen molar-refractivity contribution in [1.29, 1.82) is 0 Å². The van der Waals surface area contributed by atoms with Gasteiger partial charge in [-0.25, -0.2) is 0 Å². The minimum Gasteiger partial charge on any atom is -0.349 e. The maximum absolute atomic E-state index is 6.04. The zero-order valence-corrected chi connectivity index (χ0v) is 21.0. The normalized spacial score (nSPS) is 18.9. The van der Waals surface area contributed by atoms with Crippen molar-refractivity contribution in [3.05, 3.63) is 81.9 Å². The average molecular weight is 463 g/mol. The van der Waals surface area contributed by atoms with E-state index in [1.807, 2.05) is 27.7 Å². The second-order valence-electron chi connectivity index (χ2n) is 8.71. The highest BCUT2D eigenvalue weighted by Gasteiger charge is 2.35. The molecule has 0 heterocycles. The number of rotatable bonds is 13. The number of hydrogen-bond acceptors (Lipinski definition) is 4. The van der Waals surface area contributed by atoms with Gasteiger partial charge >= 0.3 is 0 Å². The first-order valence-electron chi connectivity index (χ1n) is 12.8. The molecule has 0 aromatic heterocycles. The molecule has 0 saturated carbocycles. The summed E-state index contributed by atoms with van der Waals surface area (Å²) in [5.74, 6) is 0.539. The third kappa shape index (κ3) is 5.21. The van der Waals surface area contributed by atoms with Gasteiger partial charge in [-0.05, 0) is 86.1 Å². The van der Waals surface area contributed by atoms with Gasteiger partial charge in [-0.1, -0.05) is 48.5 Å². The van der Waals surface area contributed by atoms with Crippen LogP contribution in [0.2, 0.25) is 0 Å². The Morgan fingerprint density at radius 2 is 0.912 bits per heavy atom. The van der Waals surface area contributed by atoms with Crippen LogP contribution < -0.4 is 0 Å². The lowest BCUT2D eigenvalue weighted by atomic mass is 9.83. The third-order valence-corrected chi connectivity index (χ3v) is 6.75. The van der Waals surface area contributed by atoms with E-state index < -0.39 is 0 Å². The van der Waals surface area contributed by atoms with E-state index in [4.69, 9.17) is 18.9 Å². The van der Waals surface area contributed by atoms with Crippen molar-refractivity contribution in [2.75, 3.05) is 26.4 Å². The zero-order valence-electron chi connectivity index (χ0n) is 21.0. The molecule has 4 heteroatoms. The molecule has 2 aliphatic rings. The molecule has 182 valence electrons. The van der Waals surface area contributed by atoms with Crippen molar-refractivity contribution in [1.82, 2.24) is 0 Å². The topological polar surface area (TPSA) is 36.9 Å². The molecule has 4 nitrogen and oxygen atoms in total. The Bertz CT molecular complexity index is 915. The summed E-state index contributed by atoms with van der Waals surface area (Å²) in [7, 11) is 0. The molecule has 2 aromatic rings. The Morgan fingerprint density at radius 1 is 0.559 bits per heavy atom. The molecule has 34 heavy (non-hydrogen) atoms. The van der Waals surface area contributed by atoms with E-state index in [0.717, 1.165) is 12.8 Å². The molecule has 0 saturated heterocycles. The van der Waals surface area contributed by atoms with Gasteiger partial charge in [-0.2, -0.15) is 0 Å². The molecule has 2 unspecified atom stereocenters. The molecule has 0 fully saturated rings. The first kappa shape index (κ1) is 24.9. The van der Waals surface area contributed by atoms with Gasteiger partial charge in [0, 0.05) is 38.3 Å². The molecule has 2 atom stereocenters. The third-order valence-electron chi connectivity index (χ3n) is 6.75. The van der Waals surface area contributed by atoms with Crippen molar-refractivity contribution in [2.45, 2.75) is 65.0 Å². The molecular weight excluding hydrogens is 424 g/mol. The molecule has 0 aliphatic heterocycles. The predicted molar refractivity (Wildman–Crippen MR) is 138 cm³/mol. The van der Waals surface area contributed by atoms with Crippen LogP contribution in [-0.4, -0.2) is 39.0 Å². The van der Waals surface area contributed by atoms with Crippen LogP contribution in [0.4, 0.5) is 0 Å². The molecule has 0 radical (unpaired) electrons. The highest BCUT2D eigenvalue weighted by atomic mass is 16.7. The highest BCUT2D eigenvalue weighted by molar-refractivity contribution is 5.68. The van der Waals surface area contributed by atoms with Gasteiger partial charge in [-0.3, -0.25) is 0 Å². The fourth-order valence-electron chi connectivity index (χ4n) is 5.37. The first-order valence-corrected chi connectivity index (χ1v) is 12.8. The minimum absolute atomic E-state index is 0.269. The minimum atomic E-state index is -0.308. The van der Waals surface area contributed by atoms with E-state index in [0.29, 0.717) is 26.4 Å². The lowest BCUT2D eigenvalue weighted by molar-refractivity contribution is -0.114.